The summed E-state index contributed by atoms with van der Waals surface area (Å²) in [6, 6.07) is 7.05. The zero-order valence-electron chi connectivity index (χ0n) is 9.55. The molecule has 0 fully saturated rings. The lowest BCUT2D eigenvalue weighted by molar-refractivity contribution is 0.0983. The van der Waals surface area contributed by atoms with Crippen LogP contribution in [0.15, 0.2) is 41.1 Å². The first-order valence-electron chi connectivity index (χ1n) is 5.44. The molecule has 0 spiro atoms. The van der Waals surface area contributed by atoms with E-state index in [0.717, 1.165) is 5.76 Å². The number of ketones is 1. The molecule has 0 amide bonds. The highest BCUT2D eigenvalue weighted by Crippen LogP contribution is 2.12. The van der Waals surface area contributed by atoms with Crippen LogP contribution in [0, 0.1) is 0 Å². The second-order valence-electron chi connectivity index (χ2n) is 3.52. The first kappa shape index (κ1) is 11.4. The number of aromatic nitrogens is 1. The van der Waals surface area contributed by atoms with Crippen LogP contribution in [0.2, 0.25) is 0 Å². The number of nitrogens with zero attached hydrogens (tertiary/aromatic N) is 1. The molecule has 0 unspecified atom stereocenters. The van der Waals surface area contributed by atoms with Crippen LogP contribution in [0.25, 0.3) is 0 Å². The van der Waals surface area contributed by atoms with Crippen molar-refractivity contribution in [2.24, 2.45) is 0 Å². The van der Waals surface area contributed by atoms with Crippen molar-refractivity contribution >= 4 is 5.78 Å². The van der Waals surface area contributed by atoms with Gasteiger partial charge in [0.05, 0.1) is 12.5 Å². The molecule has 4 heteroatoms. The van der Waals surface area contributed by atoms with Gasteiger partial charge >= 0.3 is 0 Å². The van der Waals surface area contributed by atoms with Gasteiger partial charge in [-0.2, -0.15) is 0 Å². The number of pyridine rings is 1. The Morgan fingerprint density at radius 2 is 2.29 bits per heavy atom. The molecular formula is C13H13NO3. The van der Waals surface area contributed by atoms with E-state index in [4.69, 9.17) is 9.15 Å². The van der Waals surface area contributed by atoms with E-state index in [2.05, 4.69) is 4.98 Å². The molecule has 2 heterocycles. The predicted octanol–water partition coefficient (Wildman–Crippen LogP) is 2.85. The van der Waals surface area contributed by atoms with Crippen molar-refractivity contribution in [1.29, 1.82) is 0 Å². The Bertz CT molecular complexity index is 474. The van der Waals surface area contributed by atoms with Crippen LogP contribution in [0.5, 0.6) is 5.75 Å². The summed E-state index contributed by atoms with van der Waals surface area (Å²) in [5.74, 6) is 1.40. The van der Waals surface area contributed by atoms with Gasteiger partial charge in [0, 0.05) is 6.42 Å². The number of furan rings is 1. The van der Waals surface area contributed by atoms with Gasteiger partial charge in [0.25, 0.3) is 0 Å². The van der Waals surface area contributed by atoms with Gasteiger partial charge < -0.3 is 9.15 Å². The van der Waals surface area contributed by atoms with Crippen molar-refractivity contribution in [1.82, 2.24) is 4.98 Å². The minimum atomic E-state index is 0.0302. The number of rotatable bonds is 5. The maximum Gasteiger partial charge on any atom is 0.180 e. The van der Waals surface area contributed by atoms with Gasteiger partial charge in [0.1, 0.15) is 23.8 Å². The van der Waals surface area contributed by atoms with E-state index in [1.807, 2.05) is 13.0 Å². The lowest BCUT2D eigenvalue weighted by Gasteiger charge is -2.04. The molecule has 4 nitrogen and oxygen atoms in total. The molecular weight excluding hydrogens is 218 g/mol. The smallest absolute Gasteiger partial charge is 0.180 e. The molecule has 0 aliphatic heterocycles. The summed E-state index contributed by atoms with van der Waals surface area (Å²) in [5.41, 5.74) is 0.470. The van der Waals surface area contributed by atoms with Crippen molar-refractivity contribution in [3.63, 3.8) is 0 Å². The average Bonchev–Trinajstić information content (AvgIpc) is 2.89. The molecule has 2 aromatic rings. The molecule has 0 aliphatic rings. The summed E-state index contributed by atoms with van der Waals surface area (Å²) >= 11 is 0. The van der Waals surface area contributed by atoms with Crippen LogP contribution in [0.4, 0.5) is 0 Å². The van der Waals surface area contributed by atoms with Crippen molar-refractivity contribution in [2.45, 2.75) is 20.0 Å². The Morgan fingerprint density at radius 1 is 1.41 bits per heavy atom. The Balaban J connectivity index is 1.96. The van der Waals surface area contributed by atoms with Crippen molar-refractivity contribution < 1.29 is 13.9 Å². The van der Waals surface area contributed by atoms with Crippen molar-refractivity contribution in [3.8, 4) is 5.75 Å². The van der Waals surface area contributed by atoms with Crippen molar-refractivity contribution in [2.75, 3.05) is 0 Å². The molecule has 0 aliphatic carbocycles. The summed E-state index contributed by atoms with van der Waals surface area (Å²) in [7, 11) is 0. The Labute approximate surface area is 99.2 Å². The van der Waals surface area contributed by atoms with E-state index in [0.29, 0.717) is 24.5 Å². The zero-order valence-corrected chi connectivity index (χ0v) is 9.55. The van der Waals surface area contributed by atoms with E-state index >= 15 is 0 Å². The van der Waals surface area contributed by atoms with Crippen LogP contribution in [0.3, 0.4) is 0 Å². The van der Waals surface area contributed by atoms with Crippen LogP contribution >= 0.6 is 0 Å². The van der Waals surface area contributed by atoms with Crippen LogP contribution < -0.4 is 4.74 Å². The normalized spacial score (nSPS) is 10.2. The van der Waals surface area contributed by atoms with E-state index < -0.39 is 0 Å². The van der Waals surface area contributed by atoms with Gasteiger partial charge in [-0.15, -0.1) is 0 Å². The largest absolute Gasteiger partial charge is 0.484 e. The molecule has 0 atom stereocenters. The minimum absolute atomic E-state index is 0.0302. The molecule has 0 saturated heterocycles. The van der Waals surface area contributed by atoms with Crippen LogP contribution in [0.1, 0.15) is 29.6 Å². The van der Waals surface area contributed by atoms with Gasteiger partial charge in [-0.3, -0.25) is 4.79 Å². The second kappa shape index (κ2) is 5.30. The SMILES string of the molecule is CCC(=O)c1ccc(OCc2ccco2)cn1. The Kier molecular flexibility index (Phi) is 3.55. The number of hydrogen-bond acceptors (Lipinski definition) is 4. The molecule has 0 radical (unpaired) electrons. The topological polar surface area (TPSA) is 52.3 Å². The first-order valence-corrected chi connectivity index (χ1v) is 5.44. The molecule has 0 saturated carbocycles. The standard InChI is InChI=1S/C13H13NO3/c1-2-13(15)12-6-5-10(8-14-12)17-9-11-4-3-7-16-11/h3-8H,2,9H2,1H3. The van der Waals surface area contributed by atoms with E-state index in [9.17, 15) is 4.79 Å². The zero-order chi connectivity index (χ0) is 12.1. The number of hydrogen-bond donors (Lipinski definition) is 0. The summed E-state index contributed by atoms with van der Waals surface area (Å²) in [6.07, 6.45) is 3.60. The highest BCUT2D eigenvalue weighted by molar-refractivity contribution is 5.93. The maximum absolute atomic E-state index is 11.4. The quantitative estimate of drug-likeness (QED) is 0.742. The maximum atomic E-state index is 11.4. The average molecular weight is 231 g/mol. The van der Waals surface area contributed by atoms with Gasteiger partial charge in [-0.05, 0) is 24.3 Å². The minimum Gasteiger partial charge on any atom is -0.484 e. The molecule has 2 aromatic heterocycles. The van der Waals surface area contributed by atoms with Gasteiger partial charge in [0.2, 0.25) is 0 Å². The number of carbonyl (C=O) groups is 1. The molecule has 2 rings (SSSR count). The molecule has 0 bridgehead atoms. The monoisotopic (exact) mass is 231 g/mol. The fraction of sp³-hybridized carbons (Fsp3) is 0.231. The van der Waals surface area contributed by atoms with E-state index in [1.54, 1.807) is 30.7 Å². The highest BCUT2D eigenvalue weighted by atomic mass is 16.5. The molecule has 17 heavy (non-hydrogen) atoms. The van der Waals surface area contributed by atoms with E-state index in [1.165, 1.54) is 0 Å². The number of ether oxygens (including phenoxy) is 1. The third-order valence-electron chi connectivity index (χ3n) is 2.30. The predicted molar refractivity (Wildman–Crippen MR) is 61.9 cm³/mol. The summed E-state index contributed by atoms with van der Waals surface area (Å²) in [4.78, 5) is 15.4. The van der Waals surface area contributed by atoms with Gasteiger partial charge in [-0.25, -0.2) is 4.98 Å². The Hall–Kier alpha value is -2.10. The van der Waals surface area contributed by atoms with Gasteiger partial charge in [-0.1, -0.05) is 6.92 Å². The summed E-state index contributed by atoms with van der Waals surface area (Å²) < 4.78 is 10.6. The van der Waals surface area contributed by atoms with Crippen LogP contribution in [-0.4, -0.2) is 10.8 Å². The first-order chi connectivity index (χ1) is 8.29. The van der Waals surface area contributed by atoms with Crippen molar-refractivity contribution in [3.05, 3.63) is 48.2 Å². The fourth-order valence-corrected chi connectivity index (χ4v) is 1.36. The second-order valence-corrected chi connectivity index (χ2v) is 3.52. The van der Waals surface area contributed by atoms with E-state index in [-0.39, 0.29) is 5.78 Å². The molecule has 88 valence electrons. The lowest BCUT2D eigenvalue weighted by Crippen LogP contribution is -2.00. The number of Topliss-reactive ketones (excluding diaryl/α,β-unsaturated/α-hetero) is 1. The summed E-state index contributed by atoms with van der Waals surface area (Å²) in [6.45, 7) is 2.17. The Morgan fingerprint density at radius 3 is 2.88 bits per heavy atom. The molecule has 0 aromatic carbocycles. The number of carbonyl (C=O) groups excluding carboxylic acids is 1. The lowest BCUT2D eigenvalue weighted by atomic mass is 10.2. The van der Waals surface area contributed by atoms with Crippen LogP contribution in [-0.2, 0) is 6.61 Å². The third kappa shape index (κ3) is 2.93. The fourth-order valence-electron chi connectivity index (χ4n) is 1.36. The van der Waals surface area contributed by atoms with Gasteiger partial charge in [0.15, 0.2) is 5.78 Å². The third-order valence-corrected chi connectivity index (χ3v) is 2.30. The highest BCUT2D eigenvalue weighted by Gasteiger charge is 2.04. The summed E-state index contributed by atoms with van der Waals surface area (Å²) in [5, 5.41) is 0. The molecule has 0 N–H and O–H groups in total.